The van der Waals surface area contributed by atoms with E-state index in [2.05, 4.69) is 6.58 Å². The summed E-state index contributed by atoms with van der Waals surface area (Å²) >= 11 is 1.14. The SMILES string of the molecule is C=C(C)CN(CC)C(=O)COc1cc(C)sc1C(=O)O. The van der Waals surface area contributed by atoms with Crippen LogP contribution in [0.4, 0.5) is 0 Å². The molecule has 0 spiro atoms. The van der Waals surface area contributed by atoms with Crippen molar-refractivity contribution >= 4 is 23.2 Å². The van der Waals surface area contributed by atoms with Crippen LogP contribution in [0.2, 0.25) is 0 Å². The first-order valence-electron chi connectivity index (χ1n) is 6.23. The lowest BCUT2D eigenvalue weighted by atomic mass is 10.3. The van der Waals surface area contributed by atoms with E-state index in [9.17, 15) is 9.59 Å². The molecule has 0 aromatic carbocycles. The summed E-state index contributed by atoms with van der Waals surface area (Å²) in [5.41, 5.74) is 0.887. The number of thiophene rings is 1. The van der Waals surface area contributed by atoms with E-state index in [-0.39, 0.29) is 23.1 Å². The summed E-state index contributed by atoms with van der Waals surface area (Å²) in [6.07, 6.45) is 0. The predicted molar refractivity (Wildman–Crippen MR) is 78.6 cm³/mol. The molecule has 1 amide bonds. The van der Waals surface area contributed by atoms with Crippen LogP contribution in [0.5, 0.6) is 5.75 Å². The summed E-state index contributed by atoms with van der Waals surface area (Å²) in [5, 5.41) is 9.04. The average Bonchev–Trinajstić information content (AvgIpc) is 2.74. The van der Waals surface area contributed by atoms with Gasteiger partial charge in [-0.2, -0.15) is 0 Å². The second-order valence-electron chi connectivity index (χ2n) is 4.51. The van der Waals surface area contributed by atoms with Crippen molar-refractivity contribution in [2.24, 2.45) is 0 Å². The number of hydrogen-bond donors (Lipinski definition) is 1. The smallest absolute Gasteiger partial charge is 0.349 e. The van der Waals surface area contributed by atoms with Crippen molar-refractivity contribution in [2.45, 2.75) is 20.8 Å². The Kier molecular flexibility index (Phi) is 5.76. The molecule has 1 aromatic heterocycles. The number of hydrogen-bond acceptors (Lipinski definition) is 4. The van der Waals surface area contributed by atoms with E-state index < -0.39 is 5.97 Å². The summed E-state index contributed by atoms with van der Waals surface area (Å²) in [6.45, 7) is 10.2. The number of carbonyl (C=O) groups excluding carboxylic acids is 1. The highest BCUT2D eigenvalue weighted by molar-refractivity contribution is 7.14. The molecule has 1 N–H and O–H groups in total. The van der Waals surface area contributed by atoms with Crippen LogP contribution in [0.15, 0.2) is 18.2 Å². The van der Waals surface area contributed by atoms with Crippen LogP contribution in [-0.2, 0) is 4.79 Å². The van der Waals surface area contributed by atoms with Gasteiger partial charge in [-0.3, -0.25) is 4.79 Å². The fraction of sp³-hybridized carbons (Fsp3) is 0.429. The number of carbonyl (C=O) groups is 2. The van der Waals surface area contributed by atoms with E-state index in [4.69, 9.17) is 9.84 Å². The molecule has 1 aromatic rings. The van der Waals surface area contributed by atoms with Crippen LogP contribution in [0.25, 0.3) is 0 Å². The third kappa shape index (κ3) is 4.38. The van der Waals surface area contributed by atoms with Gasteiger partial charge in [0.15, 0.2) is 11.5 Å². The van der Waals surface area contributed by atoms with Crippen molar-refractivity contribution in [1.29, 1.82) is 0 Å². The summed E-state index contributed by atoms with van der Waals surface area (Å²) in [7, 11) is 0. The molecule has 6 heteroatoms. The van der Waals surface area contributed by atoms with E-state index in [0.29, 0.717) is 13.1 Å². The largest absolute Gasteiger partial charge is 0.482 e. The molecule has 110 valence electrons. The van der Waals surface area contributed by atoms with Crippen molar-refractivity contribution in [2.75, 3.05) is 19.7 Å². The zero-order valence-electron chi connectivity index (χ0n) is 11.9. The molecule has 0 atom stereocenters. The Morgan fingerprint density at radius 3 is 2.65 bits per heavy atom. The molecule has 1 rings (SSSR count). The molecule has 5 nitrogen and oxygen atoms in total. The molecule has 0 aliphatic rings. The average molecular weight is 297 g/mol. The Morgan fingerprint density at radius 1 is 1.50 bits per heavy atom. The van der Waals surface area contributed by atoms with Gasteiger partial charge >= 0.3 is 5.97 Å². The summed E-state index contributed by atoms with van der Waals surface area (Å²) in [6, 6.07) is 1.64. The fourth-order valence-electron chi connectivity index (χ4n) is 1.68. The topological polar surface area (TPSA) is 66.8 Å². The van der Waals surface area contributed by atoms with Gasteiger partial charge in [0.25, 0.3) is 5.91 Å². The molecule has 1 heterocycles. The Morgan fingerprint density at radius 2 is 2.15 bits per heavy atom. The third-order valence-corrected chi connectivity index (χ3v) is 3.58. The molecular weight excluding hydrogens is 278 g/mol. The first-order valence-corrected chi connectivity index (χ1v) is 7.05. The zero-order chi connectivity index (χ0) is 15.3. The minimum atomic E-state index is -1.04. The monoisotopic (exact) mass is 297 g/mol. The van der Waals surface area contributed by atoms with Gasteiger partial charge in [-0.25, -0.2) is 4.79 Å². The molecule has 20 heavy (non-hydrogen) atoms. The number of amides is 1. The molecule has 0 saturated heterocycles. The minimum Gasteiger partial charge on any atom is -0.482 e. The molecule has 0 aliphatic carbocycles. The highest BCUT2D eigenvalue weighted by Gasteiger charge is 2.18. The maximum atomic E-state index is 12.0. The van der Waals surface area contributed by atoms with Crippen LogP contribution in [-0.4, -0.2) is 41.6 Å². The number of aryl methyl sites for hydroxylation is 1. The number of aromatic carboxylic acids is 1. The quantitative estimate of drug-likeness (QED) is 0.785. The van der Waals surface area contributed by atoms with E-state index in [1.54, 1.807) is 17.9 Å². The number of ether oxygens (including phenoxy) is 1. The normalized spacial score (nSPS) is 10.2. The van der Waals surface area contributed by atoms with Crippen LogP contribution >= 0.6 is 11.3 Å². The zero-order valence-corrected chi connectivity index (χ0v) is 12.7. The summed E-state index contributed by atoms with van der Waals surface area (Å²) in [5.74, 6) is -0.977. The van der Waals surface area contributed by atoms with Gasteiger partial charge in [0.2, 0.25) is 0 Å². The second kappa shape index (κ2) is 7.09. The van der Waals surface area contributed by atoms with Crippen LogP contribution in [0, 0.1) is 6.92 Å². The molecule has 0 fully saturated rings. The highest BCUT2D eigenvalue weighted by atomic mass is 32.1. The van der Waals surface area contributed by atoms with E-state index in [1.807, 2.05) is 13.8 Å². The van der Waals surface area contributed by atoms with Crippen LogP contribution in [0.1, 0.15) is 28.4 Å². The maximum absolute atomic E-state index is 12.0. The number of nitrogens with zero attached hydrogens (tertiary/aromatic N) is 1. The number of carboxylic acids is 1. The number of likely N-dealkylation sites (N-methyl/N-ethyl adjacent to an activating group) is 1. The van der Waals surface area contributed by atoms with Crippen molar-refractivity contribution < 1.29 is 19.4 Å². The molecule has 0 saturated carbocycles. The lowest BCUT2D eigenvalue weighted by Gasteiger charge is -2.20. The molecule has 0 radical (unpaired) electrons. The second-order valence-corrected chi connectivity index (χ2v) is 5.77. The molecule has 0 bridgehead atoms. The number of carboxylic acid groups (broad SMARTS) is 1. The van der Waals surface area contributed by atoms with Crippen molar-refractivity contribution in [3.63, 3.8) is 0 Å². The van der Waals surface area contributed by atoms with Crippen molar-refractivity contribution in [3.8, 4) is 5.75 Å². The fourth-order valence-corrected chi connectivity index (χ4v) is 2.47. The lowest BCUT2D eigenvalue weighted by molar-refractivity contribution is -0.132. The Bertz CT molecular complexity index is 521. The van der Waals surface area contributed by atoms with Crippen LogP contribution < -0.4 is 4.74 Å². The van der Waals surface area contributed by atoms with E-state index in [1.165, 1.54) is 0 Å². The molecular formula is C14H19NO4S. The highest BCUT2D eigenvalue weighted by Crippen LogP contribution is 2.28. The third-order valence-electron chi connectivity index (χ3n) is 2.56. The van der Waals surface area contributed by atoms with Crippen LogP contribution in [0.3, 0.4) is 0 Å². The molecule has 0 aliphatic heterocycles. The van der Waals surface area contributed by atoms with Crippen molar-refractivity contribution in [1.82, 2.24) is 4.90 Å². The first kappa shape index (κ1) is 16.2. The summed E-state index contributed by atoms with van der Waals surface area (Å²) < 4.78 is 5.35. The van der Waals surface area contributed by atoms with Gasteiger partial charge in [0.1, 0.15) is 5.75 Å². The number of rotatable bonds is 7. The first-order chi connectivity index (χ1) is 9.35. The minimum absolute atomic E-state index is 0.123. The Hall–Kier alpha value is -1.82. The summed E-state index contributed by atoms with van der Waals surface area (Å²) in [4.78, 5) is 25.6. The van der Waals surface area contributed by atoms with E-state index in [0.717, 1.165) is 21.8 Å². The van der Waals surface area contributed by atoms with Gasteiger partial charge in [0.05, 0.1) is 0 Å². The van der Waals surface area contributed by atoms with Gasteiger partial charge in [0, 0.05) is 18.0 Å². The Labute approximate surface area is 122 Å². The predicted octanol–water partition coefficient (Wildman–Crippen LogP) is 2.56. The lowest BCUT2D eigenvalue weighted by Crippen LogP contribution is -2.35. The van der Waals surface area contributed by atoms with Gasteiger partial charge in [-0.15, -0.1) is 11.3 Å². The van der Waals surface area contributed by atoms with Gasteiger partial charge < -0.3 is 14.7 Å². The van der Waals surface area contributed by atoms with Crippen molar-refractivity contribution in [3.05, 3.63) is 28.0 Å². The van der Waals surface area contributed by atoms with Gasteiger partial charge in [-0.1, -0.05) is 12.2 Å². The van der Waals surface area contributed by atoms with Gasteiger partial charge in [-0.05, 0) is 26.8 Å². The Balaban J connectivity index is 2.69. The molecule has 0 unspecified atom stereocenters. The maximum Gasteiger partial charge on any atom is 0.349 e. The van der Waals surface area contributed by atoms with E-state index >= 15 is 0 Å². The standard InChI is InChI=1S/C14H19NO4S/c1-5-15(7-9(2)3)12(16)8-19-11-6-10(4)20-13(11)14(17)18/h6H,2,5,7-8H2,1,3-4H3,(H,17,18).